The number of ether oxygens (including phenoxy) is 1. The summed E-state index contributed by atoms with van der Waals surface area (Å²) in [6.45, 7) is 4.10. The quantitative estimate of drug-likeness (QED) is 0.275. The monoisotopic (exact) mass is 487 g/mol. The summed E-state index contributed by atoms with van der Waals surface area (Å²) in [5.41, 5.74) is 10.9. The summed E-state index contributed by atoms with van der Waals surface area (Å²) in [5.74, 6) is -0.706. The summed E-state index contributed by atoms with van der Waals surface area (Å²) >= 11 is 1.17. The van der Waals surface area contributed by atoms with Gasteiger partial charge in [-0.2, -0.15) is 0 Å². The number of hydrogen-bond acceptors (Lipinski definition) is 8. The predicted octanol–water partition coefficient (Wildman–Crippen LogP) is 3.20. The maximum Gasteiger partial charge on any atom is 0.404 e. The van der Waals surface area contributed by atoms with E-state index in [1.165, 1.54) is 23.5 Å². The normalized spacial score (nSPS) is 11.3. The smallest absolute Gasteiger partial charge is 0.404 e. The van der Waals surface area contributed by atoms with Crippen LogP contribution in [0.25, 0.3) is 10.4 Å². The number of rotatable bonds is 10. The third-order valence-corrected chi connectivity index (χ3v) is 5.90. The average molecular weight is 488 g/mol. The van der Waals surface area contributed by atoms with E-state index >= 15 is 0 Å². The second-order valence-electron chi connectivity index (χ2n) is 7.95. The van der Waals surface area contributed by atoms with E-state index < -0.39 is 23.4 Å². The highest BCUT2D eigenvalue weighted by molar-refractivity contribution is 7.19. The van der Waals surface area contributed by atoms with Gasteiger partial charge in [-0.15, -0.1) is 11.3 Å². The van der Waals surface area contributed by atoms with Crippen molar-refractivity contribution in [3.8, 4) is 10.4 Å². The van der Waals surface area contributed by atoms with Crippen molar-refractivity contribution in [3.05, 3.63) is 65.1 Å². The van der Waals surface area contributed by atoms with Crippen molar-refractivity contribution in [2.45, 2.75) is 26.0 Å². The van der Waals surface area contributed by atoms with E-state index in [0.717, 1.165) is 0 Å². The highest BCUT2D eigenvalue weighted by Crippen LogP contribution is 2.38. The molecule has 34 heavy (non-hydrogen) atoms. The molecule has 0 unspecified atom stereocenters. The third kappa shape index (κ3) is 6.50. The molecule has 2 aromatic heterocycles. The van der Waals surface area contributed by atoms with Gasteiger partial charge in [-0.05, 0) is 43.7 Å². The molecule has 0 saturated heterocycles. The van der Waals surface area contributed by atoms with Crippen LogP contribution in [0, 0.1) is 5.82 Å². The van der Waals surface area contributed by atoms with E-state index in [0.29, 0.717) is 40.0 Å². The largest absolute Gasteiger partial charge is 0.448 e. The van der Waals surface area contributed by atoms with E-state index in [2.05, 4.69) is 20.4 Å². The summed E-state index contributed by atoms with van der Waals surface area (Å²) in [5, 5.41) is 16.7. The molecule has 0 saturated carbocycles. The number of hydrogen-bond donors (Lipinski definition) is 5. The molecule has 0 aliphatic heterocycles. The Morgan fingerprint density at radius 1 is 1.21 bits per heavy atom. The minimum atomic E-state index is -1.18. The Labute approximate surface area is 200 Å². The van der Waals surface area contributed by atoms with E-state index in [9.17, 15) is 19.1 Å². The van der Waals surface area contributed by atoms with Crippen molar-refractivity contribution in [2.24, 2.45) is 11.5 Å². The zero-order chi connectivity index (χ0) is 24.9. The van der Waals surface area contributed by atoms with Crippen molar-refractivity contribution >= 4 is 34.2 Å². The lowest BCUT2D eigenvalue weighted by Crippen LogP contribution is -2.23. The topological polar surface area (TPSA) is 153 Å². The minimum Gasteiger partial charge on any atom is -0.448 e. The number of halogens is 1. The van der Waals surface area contributed by atoms with Crippen LogP contribution in [-0.4, -0.2) is 35.2 Å². The molecule has 3 rings (SSSR count). The van der Waals surface area contributed by atoms with E-state index in [4.69, 9.17) is 11.5 Å². The van der Waals surface area contributed by atoms with Gasteiger partial charge >= 0.3 is 6.09 Å². The molecule has 0 radical (unpaired) electrons. The Hall–Kier alpha value is -3.54. The SMILES string of the molecule is CC(C)(O)c1ccc(-c2cc(C(N)=O)c(Nc3cccc(CNCCOC(N)=O)n3)s2)c(F)c1. The second kappa shape index (κ2) is 10.6. The molecular formula is C23H26FN5O4S. The molecule has 0 spiro atoms. The van der Waals surface area contributed by atoms with Crippen LogP contribution < -0.4 is 22.1 Å². The standard InChI is InChI=1S/C23H26FN5O4S/c1-23(2,32)13-6-7-15(17(24)10-13)18-11-16(20(25)30)21(34-18)29-19-5-3-4-14(28-19)12-27-8-9-33-22(26)31/h3-7,10-11,27,32H,8-9,12H2,1-2H3,(H2,25,30)(H2,26,31)(H,28,29). The number of nitrogens with two attached hydrogens (primary N) is 2. The lowest BCUT2D eigenvalue weighted by molar-refractivity contribution is 0.0782. The third-order valence-electron chi connectivity index (χ3n) is 4.82. The summed E-state index contributed by atoms with van der Waals surface area (Å²) in [6.07, 6.45) is -0.834. The predicted molar refractivity (Wildman–Crippen MR) is 128 cm³/mol. The Kier molecular flexibility index (Phi) is 7.82. The van der Waals surface area contributed by atoms with Crippen molar-refractivity contribution in [1.82, 2.24) is 10.3 Å². The molecular weight excluding hydrogens is 461 g/mol. The number of amides is 2. The molecule has 0 aliphatic carbocycles. The van der Waals surface area contributed by atoms with Crippen LogP contribution in [-0.2, 0) is 16.9 Å². The van der Waals surface area contributed by atoms with Gasteiger partial charge in [-0.25, -0.2) is 14.2 Å². The number of primary amides is 2. The fourth-order valence-electron chi connectivity index (χ4n) is 3.10. The summed E-state index contributed by atoms with van der Waals surface area (Å²) in [4.78, 5) is 27.6. The number of benzene rings is 1. The molecule has 3 aromatic rings. The molecule has 11 heteroatoms. The average Bonchev–Trinajstić information content (AvgIpc) is 3.16. The van der Waals surface area contributed by atoms with E-state index in [1.807, 2.05) is 6.07 Å². The summed E-state index contributed by atoms with van der Waals surface area (Å²) in [6, 6.07) is 11.3. The van der Waals surface area contributed by atoms with Crippen LogP contribution in [0.15, 0.2) is 42.5 Å². The molecule has 2 heterocycles. The molecule has 0 bridgehead atoms. The highest BCUT2D eigenvalue weighted by Gasteiger charge is 2.21. The summed E-state index contributed by atoms with van der Waals surface area (Å²) < 4.78 is 19.5. The first-order chi connectivity index (χ1) is 16.0. The molecule has 0 aliphatic rings. The van der Waals surface area contributed by atoms with Gasteiger partial charge in [0.25, 0.3) is 5.91 Å². The summed E-state index contributed by atoms with van der Waals surface area (Å²) in [7, 11) is 0. The number of nitrogens with zero attached hydrogens (tertiary/aromatic N) is 1. The van der Waals surface area contributed by atoms with Crippen molar-refractivity contribution in [3.63, 3.8) is 0 Å². The zero-order valence-electron chi connectivity index (χ0n) is 18.7. The first-order valence-electron chi connectivity index (χ1n) is 10.4. The minimum absolute atomic E-state index is 0.139. The first-order valence-corrected chi connectivity index (χ1v) is 11.2. The van der Waals surface area contributed by atoms with Gasteiger partial charge in [0, 0.05) is 23.5 Å². The van der Waals surface area contributed by atoms with E-state index in [-0.39, 0.29) is 17.7 Å². The number of aromatic nitrogens is 1. The molecule has 180 valence electrons. The van der Waals surface area contributed by atoms with Crippen LogP contribution in [0.1, 0.15) is 35.5 Å². The van der Waals surface area contributed by atoms with Gasteiger partial charge in [-0.3, -0.25) is 4.79 Å². The number of thiophene rings is 1. The maximum atomic E-state index is 14.8. The molecule has 7 N–H and O–H groups in total. The second-order valence-corrected chi connectivity index (χ2v) is 9.01. The van der Waals surface area contributed by atoms with E-state index in [1.54, 1.807) is 38.1 Å². The maximum absolute atomic E-state index is 14.8. The highest BCUT2D eigenvalue weighted by atomic mass is 32.1. The number of carbonyl (C=O) groups excluding carboxylic acids is 2. The number of anilines is 2. The molecule has 1 aromatic carbocycles. The van der Waals surface area contributed by atoms with Gasteiger partial charge in [-0.1, -0.05) is 18.2 Å². The number of carbonyl (C=O) groups is 2. The Morgan fingerprint density at radius 3 is 2.62 bits per heavy atom. The van der Waals surface area contributed by atoms with Gasteiger partial charge in [0.15, 0.2) is 0 Å². The van der Waals surface area contributed by atoms with Crippen molar-refractivity contribution < 1.29 is 23.8 Å². The fraction of sp³-hybridized carbons (Fsp3) is 0.261. The number of aliphatic hydroxyl groups is 1. The van der Waals surface area contributed by atoms with Gasteiger partial charge in [0.1, 0.15) is 23.2 Å². The van der Waals surface area contributed by atoms with Gasteiger partial charge in [0.05, 0.1) is 16.9 Å². The Morgan fingerprint density at radius 2 is 1.97 bits per heavy atom. The number of pyridine rings is 1. The fourth-order valence-corrected chi connectivity index (χ4v) is 4.20. The van der Waals surface area contributed by atoms with Crippen LogP contribution in [0.5, 0.6) is 0 Å². The number of nitrogens with one attached hydrogen (secondary N) is 2. The lowest BCUT2D eigenvalue weighted by atomic mass is 9.96. The van der Waals surface area contributed by atoms with Gasteiger partial charge < -0.3 is 31.9 Å². The molecule has 9 nitrogen and oxygen atoms in total. The van der Waals surface area contributed by atoms with Crippen molar-refractivity contribution in [2.75, 3.05) is 18.5 Å². The Balaban J connectivity index is 1.78. The van der Waals surface area contributed by atoms with Gasteiger partial charge in [0.2, 0.25) is 0 Å². The van der Waals surface area contributed by atoms with Crippen LogP contribution in [0.3, 0.4) is 0 Å². The Bertz CT molecular complexity index is 1190. The van der Waals surface area contributed by atoms with Crippen molar-refractivity contribution in [1.29, 1.82) is 0 Å². The van der Waals surface area contributed by atoms with Crippen LogP contribution >= 0.6 is 11.3 Å². The van der Waals surface area contributed by atoms with Crippen LogP contribution in [0.4, 0.5) is 20.0 Å². The van der Waals surface area contributed by atoms with Crippen LogP contribution in [0.2, 0.25) is 0 Å². The first kappa shape index (κ1) is 25.1. The molecule has 0 fully saturated rings. The zero-order valence-corrected chi connectivity index (χ0v) is 19.5. The molecule has 0 atom stereocenters. The molecule has 2 amide bonds. The lowest BCUT2D eigenvalue weighted by Gasteiger charge is -2.18.